The summed E-state index contributed by atoms with van der Waals surface area (Å²) in [6.07, 6.45) is 6.78. The lowest BCUT2D eigenvalue weighted by Gasteiger charge is -2.34. The molecule has 2 aliphatic rings. The number of likely N-dealkylation sites (tertiary alicyclic amines) is 1. The molecule has 1 N–H and O–H groups in total. The normalized spacial score (nSPS) is 30.6. The van der Waals surface area contributed by atoms with Crippen LogP contribution in [0.25, 0.3) is 0 Å². The van der Waals surface area contributed by atoms with Gasteiger partial charge >= 0.3 is 0 Å². The molecule has 0 aromatic heterocycles. The number of nitrogens with zero attached hydrogens (tertiary/aromatic N) is 1. The second-order valence-corrected chi connectivity index (χ2v) is 6.59. The number of ether oxygens (including phenoxy) is 1. The van der Waals surface area contributed by atoms with E-state index in [2.05, 4.69) is 40.5 Å². The Morgan fingerprint density at radius 1 is 1.14 bits per heavy atom. The molecule has 1 aliphatic heterocycles. The van der Waals surface area contributed by atoms with Crippen molar-refractivity contribution in [3.05, 3.63) is 35.9 Å². The van der Waals surface area contributed by atoms with Crippen molar-refractivity contribution >= 4 is 0 Å². The Balaban J connectivity index is 1.47. The van der Waals surface area contributed by atoms with Gasteiger partial charge in [-0.2, -0.15) is 0 Å². The van der Waals surface area contributed by atoms with Crippen LogP contribution in [-0.2, 0) is 11.3 Å². The summed E-state index contributed by atoms with van der Waals surface area (Å²) in [6.45, 7) is 3.51. The summed E-state index contributed by atoms with van der Waals surface area (Å²) in [5.74, 6) is 0. The van der Waals surface area contributed by atoms with E-state index in [0.29, 0.717) is 18.2 Å². The zero-order chi connectivity index (χ0) is 14.5. The van der Waals surface area contributed by atoms with Crippen LogP contribution in [0.5, 0.6) is 0 Å². The second kappa shape index (κ2) is 7.39. The molecule has 0 bridgehead atoms. The maximum atomic E-state index is 5.48. The lowest BCUT2D eigenvalue weighted by atomic mass is 10.0. The number of hydrogen-bond acceptors (Lipinski definition) is 3. The molecule has 1 aromatic carbocycles. The number of benzene rings is 1. The Bertz CT molecular complexity index is 422. The molecular weight excluding hydrogens is 260 g/mol. The number of piperidine rings is 1. The fourth-order valence-corrected chi connectivity index (χ4v) is 3.82. The first kappa shape index (κ1) is 15.0. The maximum absolute atomic E-state index is 5.48. The second-order valence-electron chi connectivity index (χ2n) is 6.59. The van der Waals surface area contributed by atoms with Crippen LogP contribution in [0.1, 0.15) is 37.7 Å². The standard InChI is InChI=1S/C18H28N2O/c1-21-18-10-9-16(12-18)19-17-8-5-11-20(14-17)13-15-6-3-2-4-7-15/h2-4,6-7,16-19H,5,8-14H2,1H3. The molecule has 3 atom stereocenters. The third kappa shape index (κ3) is 4.29. The van der Waals surface area contributed by atoms with Crippen LogP contribution < -0.4 is 5.32 Å². The zero-order valence-corrected chi connectivity index (χ0v) is 13.1. The first-order valence-electron chi connectivity index (χ1n) is 8.38. The fourth-order valence-electron chi connectivity index (χ4n) is 3.82. The summed E-state index contributed by atoms with van der Waals surface area (Å²) in [5.41, 5.74) is 1.43. The predicted molar refractivity (Wildman–Crippen MR) is 86.3 cm³/mol. The van der Waals surface area contributed by atoms with Gasteiger partial charge < -0.3 is 10.1 Å². The quantitative estimate of drug-likeness (QED) is 0.901. The molecule has 0 radical (unpaired) electrons. The van der Waals surface area contributed by atoms with Gasteiger partial charge in [0.15, 0.2) is 0 Å². The van der Waals surface area contributed by atoms with Gasteiger partial charge in [0.2, 0.25) is 0 Å². The number of methoxy groups -OCH3 is 1. The van der Waals surface area contributed by atoms with Crippen molar-refractivity contribution < 1.29 is 4.74 Å². The number of hydrogen-bond donors (Lipinski definition) is 1. The van der Waals surface area contributed by atoms with Crippen molar-refractivity contribution in [1.29, 1.82) is 0 Å². The van der Waals surface area contributed by atoms with E-state index in [9.17, 15) is 0 Å². The molecule has 3 unspecified atom stereocenters. The van der Waals surface area contributed by atoms with Gasteiger partial charge in [-0.1, -0.05) is 30.3 Å². The monoisotopic (exact) mass is 288 g/mol. The van der Waals surface area contributed by atoms with Crippen molar-refractivity contribution in [3.8, 4) is 0 Å². The average molecular weight is 288 g/mol. The van der Waals surface area contributed by atoms with Crippen LogP contribution >= 0.6 is 0 Å². The molecule has 0 amide bonds. The van der Waals surface area contributed by atoms with Gasteiger partial charge in [0.25, 0.3) is 0 Å². The third-order valence-corrected chi connectivity index (χ3v) is 4.94. The van der Waals surface area contributed by atoms with Crippen LogP contribution in [0.3, 0.4) is 0 Å². The van der Waals surface area contributed by atoms with Crippen molar-refractivity contribution in [1.82, 2.24) is 10.2 Å². The van der Waals surface area contributed by atoms with Gasteiger partial charge in [0, 0.05) is 32.3 Å². The molecule has 116 valence electrons. The lowest BCUT2D eigenvalue weighted by molar-refractivity contribution is 0.105. The summed E-state index contributed by atoms with van der Waals surface area (Å²) in [7, 11) is 1.84. The van der Waals surface area contributed by atoms with Crippen LogP contribution in [0.15, 0.2) is 30.3 Å². The van der Waals surface area contributed by atoms with Crippen molar-refractivity contribution in [2.24, 2.45) is 0 Å². The molecule has 3 heteroatoms. The summed E-state index contributed by atoms with van der Waals surface area (Å²) in [6, 6.07) is 12.2. The van der Waals surface area contributed by atoms with E-state index in [0.717, 1.165) is 6.54 Å². The molecule has 1 saturated heterocycles. The fraction of sp³-hybridized carbons (Fsp3) is 0.667. The van der Waals surface area contributed by atoms with Gasteiger partial charge in [-0.05, 0) is 44.2 Å². The van der Waals surface area contributed by atoms with E-state index < -0.39 is 0 Å². The summed E-state index contributed by atoms with van der Waals surface area (Å²) in [5, 5.41) is 3.88. The Hall–Kier alpha value is -0.900. The highest BCUT2D eigenvalue weighted by molar-refractivity contribution is 5.14. The smallest absolute Gasteiger partial charge is 0.0586 e. The van der Waals surface area contributed by atoms with E-state index in [4.69, 9.17) is 4.74 Å². The van der Waals surface area contributed by atoms with Crippen LogP contribution in [0.4, 0.5) is 0 Å². The van der Waals surface area contributed by atoms with E-state index in [1.54, 1.807) is 0 Å². The van der Waals surface area contributed by atoms with E-state index >= 15 is 0 Å². The minimum Gasteiger partial charge on any atom is -0.381 e. The Labute approximate surface area is 128 Å². The molecule has 1 saturated carbocycles. The molecule has 1 heterocycles. The first-order valence-corrected chi connectivity index (χ1v) is 8.38. The third-order valence-electron chi connectivity index (χ3n) is 4.94. The summed E-state index contributed by atoms with van der Waals surface area (Å²) >= 11 is 0. The molecule has 2 fully saturated rings. The highest BCUT2D eigenvalue weighted by Gasteiger charge is 2.28. The average Bonchev–Trinajstić information content (AvgIpc) is 2.96. The lowest BCUT2D eigenvalue weighted by Crippen LogP contribution is -2.48. The van der Waals surface area contributed by atoms with Crippen LogP contribution in [0, 0.1) is 0 Å². The SMILES string of the molecule is COC1CCC(NC2CCCN(Cc3ccccc3)C2)C1. The zero-order valence-electron chi connectivity index (χ0n) is 13.1. The minimum absolute atomic E-state index is 0.478. The van der Waals surface area contributed by atoms with Gasteiger partial charge in [-0.3, -0.25) is 4.90 Å². The Morgan fingerprint density at radius 3 is 2.76 bits per heavy atom. The van der Waals surface area contributed by atoms with E-state index in [1.807, 2.05) is 7.11 Å². The molecule has 21 heavy (non-hydrogen) atoms. The highest BCUT2D eigenvalue weighted by Crippen LogP contribution is 2.23. The summed E-state index contributed by atoms with van der Waals surface area (Å²) in [4.78, 5) is 2.60. The molecule has 0 spiro atoms. The molecule has 1 aromatic rings. The van der Waals surface area contributed by atoms with Gasteiger partial charge in [-0.15, -0.1) is 0 Å². The van der Waals surface area contributed by atoms with Crippen molar-refractivity contribution in [2.45, 2.75) is 56.8 Å². The van der Waals surface area contributed by atoms with Crippen LogP contribution in [-0.4, -0.2) is 43.3 Å². The maximum Gasteiger partial charge on any atom is 0.0586 e. The van der Waals surface area contributed by atoms with Gasteiger partial charge in [0.1, 0.15) is 0 Å². The molecule has 1 aliphatic carbocycles. The molecule has 3 nitrogen and oxygen atoms in total. The minimum atomic E-state index is 0.478. The van der Waals surface area contributed by atoms with E-state index in [-0.39, 0.29) is 0 Å². The number of nitrogens with one attached hydrogen (secondary N) is 1. The van der Waals surface area contributed by atoms with Gasteiger partial charge in [-0.25, -0.2) is 0 Å². The number of rotatable bonds is 5. The van der Waals surface area contributed by atoms with Gasteiger partial charge in [0.05, 0.1) is 6.10 Å². The molecular formula is C18H28N2O. The largest absolute Gasteiger partial charge is 0.381 e. The topological polar surface area (TPSA) is 24.5 Å². The van der Waals surface area contributed by atoms with Crippen molar-refractivity contribution in [3.63, 3.8) is 0 Å². The van der Waals surface area contributed by atoms with E-state index in [1.165, 1.54) is 50.8 Å². The first-order chi connectivity index (χ1) is 10.3. The van der Waals surface area contributed by atoms with Crippen molar-refractivity contribution in [2.75, 3.05) is 20.2 Å². The Kier molecular flexibility index (Phi) is 5.28. The Morgan fingerprint density at radius 2 is 2.00 bits per heavy atom. The highest BCUT2D eigenvalue weighted by atomic mass is 16.5. The van der Waals surface area contributed by atoms with Crippen LogP contribution in [0.2, 0.25) is 0 Å². The summed E-state index contributed by atoms with van der Waals surface area (Å²) < 4.78 is 5.48. The predicted octanol–water partition coefficient (Wildman–Crippen LogP) is 2.81. The molecule has 3 rings (SSSR count).